The summed E-state index contributed by atoms with van der Waals surface area (Å²) in [6, 6.07) is -1.10. The van der Waals surface area contributed by atoms with Crippen molar-refractivity contribution in [2.75, 3.05) is 20.8 Å². The molecule has 4 unspecified atom stereocenters. The summed E-state index contributed by atoms with van der Waals surface area (Å²) in [5.74, 6) is -2.03. The summed E-state index contributed by atoms with van der Waals surface area (Å²) >= 11 is 0. The fraction of sp³-hybridized carbons (Fsp3) is 0.875. The van der Waals surface area contributed by atoms with Crippen molar-refractivity contribution in [3.8, 4) is 0 Å². The number of ether oxygens (including phenoxy) is 5. The number of nitrogens with one attached hydrogen (secondary N) is 1. The molecule has 6 N–H and O–H groups in total. The Hall–Kier alpha value is -1.42. The van der Waals surface area contributed by atoms with E-state index in [1.165, 1.54) is 14.0 Å². The number of carbonyl (C=O) groups is 2. The summed E-state index contributed by atoms with van der Waals surface area (Å²) in [7, 11) is 2.43. The minimum Gasteiger partial charge on any atom is -0.479 e. The second-order valence-corrected chi connectivity index (χ2v) is 6.72. The summed E-state index contributed by atoms with van der Waals surface area (Å²) in [4.78, 5) is 23.0. The van der Waals surface area contributed by atoms with Crippen LogP contribution in [0.5, 0.6) is 0 Å². The van der Waals surface area contributed by atoms with Gasteiger partial charge >= 0.3 is 5.97 Å². The molecule has 0 bridgehead atoms. The summed E-state index contributed by atoms with van der Waals surface area (Å²) in [5, 5.41) is 52.2. The number of aliphatic hydroxyl groups excluding tert-OH is 4. The molecular weight excluding hydrogens is 398 g/mol. The van der Waals surface area contributed by atoms with Crippen LogP contribution in [-0.4, -0.2) is 120 Å². The molecule has 0 aliphatic carbocycles. The molecule has 0 aromatic rings. The molecule has 10 atom stereocenters. The number of hydrogen-bond acceptors (Lipinski definition) is 11. The summed E-state index contributed by atoms with van der Waals surface area (Å²) in [6.45, 7) is 0.594. The number of carboxylic acids is 1. The van der Waals surface area contributed by atoms with Crippen LogP contribution in [0.15, 0.2) is 0 Å². The van der Waals surface area contributed by atoms with Gasteiger partial charge in [-0.2, -0.15) is 0 Å². The van der Waals surface area contributed by atoms with E-state index in [1.807, 2.05) is 0 Å². The molecule has 0 spiro atoms. The Kier molecular flexibility index (Phi) is 8.28. The van der Waals surface area contributed by atoms with E-state index in [4.69, 9.17) is 23.7 Å². The maximum atomic E-state index is 11.6. The molecule has 2 rings (SSSR count). The number of methoxy groups -OCH3 is 2. The van der Waals surface area contributed by atoms with Gasteiger partial charge in [-0.3, -0.25) is 4.79 Å². The number of rotatable bonds is 7. The Morgan fingerprint density at radius 2 is 1.62 bits per heavy atom. The highest BCUT2D eigenvalue weighted by molar-refractivity contribution is 5.73. The van der Waals surface area contributed by atoms with Crippen molar-refractivity contribution in [1.29, 1.82) is 0 Å². The van der Waals surface area contributed by atoms with Crippen LogP contribution in [0.2, 0.25) is 0 Å². The lowest BCUT2D eigenvalue weighted by Crippen LogP contribution is -2.68. The molecule has 0 aromatic heterocycles. The topological polar surface area (TPSA) is 193 Å². The van der Waals surface area contributed by atoms with Crippen LogP contribution in [0.3, 0.4) is 0 Å². The van der Waals surface area contributed by atoms with Crippen LogP contribution in [0, 0.1) is 0 Å². The molecule has 1 amide bonds. The highest BCUT2D eigenvalue weighted by Crippen LogP contribution is 2.30. The van der Waals surface area contributed by atoms with E-state index in [1.54, 1.807) is 0 Å². The van der Waals surface area contributed by atoms with Crippen LogP contribution < -0.4 is 5.32 Å². The zero-order chi connectivity index (χ0) is 21.9. The smallest absolute Gasteiger partial charge is 0.335 e. The van der Waals surface area contributed by atoms with Gasteiger partial charge in [0.05, 0.1) is 6.61 Å². The third kappa shape index (κ3) is 5.02. The van der Waals surface area contributed by atoms with E-state index in [9.17, 15) is 35.1 Å². The Balaban J connectivity index is 2.31. The average Bonchev–Trinajstić information content (AvgIpc) is 2.66. The van der Waals surface area contributed by atoms with Crippen LogP contribution >= 0.6 is 0 Å². The van der Waals surface area contributed by atoms with Crippen molar-refractivity contribution in [1.82, 2.24) is 5.32 Å². The first kappa shape index (κ1) is 23.9. The maximum absolute atomic E-state index is 11.6. The maximum Gasteiger partial charge on any atom is 0.335 e. The molecule has 2 saturated heterocycles. The highest BCUT2D eigenvalue weighted by atomic mass is 16.7. The molecule has 0 saturated carbocycles. The highest BCUT2D eigenvalue weighted by Gasteiger charge is 2.53. The molecule has 13 heteroatoms. The predicted molar refractivity (Wildman–Crippen MR) is 90.3 cm³/mol. The first-order chi connectivity index (χ1) is 13.7. The van der Waals surface area contributed by atoms with E-state index in [0.717, 1.165) is 7.11 Å². The third-order valence-electron chi connectivity index (χ3n) is 4.81. The summed E-state index contributed by atoms with van der Waals surface area (Å²) < 4.78 is 26.3. The zero-order valence-corrected chi connectivity index (χ0v) is 16.1. The molecule has 0 aromatic carbocycles. The van der Waals surface area contributed by atoms with Gasteiger partial charge in [0.2, 0.25) is 5.91 Å². The van der Waals surface area contributed by atoms with Gasteiger partial charge < -0.3 is 54.5 Å². The molecule has 2 heterocycles. The molecule has 2 aliphatic rings. The van der Waals surface area contributed by atoms with Crippen LogP contribution in [0.1, 0.15) is 6.92 Å². The van der Waals surface area contributed by atoms with E-state index < -0.39 is 79.8 Å². The molecule has 2 fully saturated rings. The van der Waals surface area contributed by atoms with Crippen molar-refractivity contribution < 1.29 is 58.8 Å². The van der Waals surface area contributed by atoms with Crippen LogP contribution in [-0.2, 0) is 33.3 Å². The number of aliphatic carboxylic acids is 1. The monoisotopic (exact) mass is 425 g/mol. The fourth-order valence-corrected chi connectivity index (χ4v) is 3.40. The van der Waals surface area contributed by atoms with E-state index in [0.29, 0.717) is 0 Å². The zero-order valence-electron chi connectivity index (χ0n) is 16.1. The number of carbonyl (C=O) groups excluding carboxylic acids is 1. The van der Waals surface area contributed by atoms with Crippen molar-refractivity contribution in [3.05, 3.63) is 0 Å². The molecule has 168 valence electrons. The minimum atomic E-state index is -1.78. The first-order valence-corrected chi connectivity index (χ1v) is 8.83. The second kappa shape index (κ2) is 10.1. The molecule has 2 aliphatic heterocycles. The summed E-state index contributed by atoms with van der Waals surface area (Å²) in [5.41, 5.74) is 0. The number of aliphatic hydroxyl groups is 4. The lowest BCUT2D eigenvalue weighted by Gasteiger charge is -2.47. The first-order valence-electron chi connectivity index (χ1n) is 8.83. The van der Waals surface area contributed by atoms with Gasteiger partial charge in [0.25, 0.3) is 0 Å². The number of carboxylic acid groups (broad SMARTS) is 1. The average molecular weight is 425 g/mol. The van der Waals surface area contributed by atoms with Crippen LogP contribution in [0.25, 0.3) is 0 Å². The summed E-state index contributed by atoms with van der Waals surface area (Å²) in [6.07, 6.45) is -13.3. The minimum absolute atomic E-state index is 0.511. The molecule has 13 nitrogen and oxygen atoms in total. The SMILES string of the molecule is CO[C@@H]1OC(CO)[C@@H](O)[C@H](O[C@@H]2OC(C(=O)O)[C@@H](O)[C@H](OC)C2O)C1NC(C)=O. The van der Waals surface area contributed by atoms with Gasteiger partial charge in [0.1, 0.15) is 42.7 Å². The van der Waals surface area contributed by atoms with Gasteiger partial charge in [0, 0.05) is 21.1 Å². The molecule has 29 heavy (non-hydrogen) atoms. The second-order valence-electron chi connectivity index (χ2n) is 6.72. The van der Waals surface area contributed by atoms with Crippen molar-refractivity contribution in [2.24, 2.45) is 0 Å². The quantitative estimate of drug-likeness (QED) is 0.233. The Morgan fingerprint density at radius 3 is 2.10 bits per heavy atom. The van der Waals surface area contributed by atoms with Gasteiger partial charge in [-0.05, 0) is 0 Å². The Labute approximate surface area is 166 Å². The van der Waals surface area contributed by atoms with Gasteiger partial charge in [-0.1, -0.05) is 0 Å². The fourth-order valence-electron chi connectivity index (χ4n) is 3.40. The van der Waals surface area contributed by atoms with Gasteiger partial charge in [-0.25, -0.2) is 4.79 Å². The van der Waals surface area contributed by atoms with Gasteiger partial charge in [-0.15, -0.1) is 0 Å². The van der Waals surface area contributed by atoms with E-state index in [-0.39, 0.29) is 0 Å². The van der Waals surface area contributed by atoms with Crippen molar-refractivity contribution >= 4 is 11.9 Å². The van der Waals surface area contributed by atoms with E-state index >= 15 is 0 Å². The Bertz CT molecular complexity index is 576. The molecule has 0 radical (unpaired) electrons. The predicted octanol–water partition coefficient (Wildman–Crippen LogP) is -3.85. The van der Waals surface area contributed by atoms with Crippen molar-refractivity contribution in [3.63, 3.8) is 0 Å². The van der Waals surface area contributed by atoms with Crippen molar-refractivity contribution in [2.45, 2.75) is 68.3 Å². The standard InChI is InChI=1S/C16H27NO12/c1-5(19)17-7-11(8(20)6(4-18)27-15(7)26-3)28-16-10(22)12(25-2)9(21)13(29-16)14(23)24/h6-13,15-16,18,20-22H,4H2,1-3H3,(H,17,19)(H,23,24)/t6?,7?,8-,9+,10?,11-,12+,13?,15-,16-/m1/s1. The van der Waals surface area contributed by atoms with Gasteiger partial charge in [0.15, 0.2) is 18.7 Å². The lowest BCUT2D eigenvalue weighted by molar-refractivity contribution is -0.340. The largest absolute Gasteiger partial charge is 0.479 e. The lowest BCUT2D eigenvalue weighted by atomic mass is 9.95. The Morgan fingerprint density at radius 1 is 0.966 bits per heavy atom. The third-order valence-corrected chi connectivity index (χ3v) is 4.81. The molecular formula is C16H27NO12. The van der Waals surface area contributed by atoms with E-state index in [2.05, 4.69) is 5.32 Å². The normalized spacial score (nSPS) is 43.0. The number of amides is 1. The number of hydrogen-bond donors (Lipinski definition) is 6. The van der Waals surface area contributed by atoms with Crippen LogP contribution in [0.4, 0.5) is 0 Å².